The first-order chi connectivity index (χ1) is 10.4. The molecule has 1 heterocycles. The van der Waals surface area contributed by atoms with E-state index in [2.05, 4.69) is 5.32 Å². The van der Waals surface area contributed by atoms with Crippen molar-refractivity contribution >= 4 is 21.8 Å². The van der Waals surface area contributed by atoms with E-state index in [1.807, 2.05) is 7.05 Å². The van der Waals surface area contributed by atoms with Crippen molar-refractivity contribution in [2.75, 3.05) is 33.7 Å². The van der Waals surface area contributed by atoms with Crippen LogP contribution in [0.15, 0.2) is 18.2 Å². The topological polar surface area (TPSA) is 52.7 Å². The molecular formula is C14H21ClFN3O2S. The van der Waals surface area contributed by atoms with Gasteiger partial charge in [-0.2, -0.15) is 17.0 Å². The van der Waals surface area contributed by atoms with Crippen molar-refractivity contribution in [2.24, 2.45) is 5.92 Å². The monoisotopic (exact) mass is 349 g/mol. The van der Waals surface area contributed by atoms with E-state index >= 15 is 0 Å². The Kier molecular flexibility index (Phi) is 5.79. The number of hydrogen-bond acceptors (Lipinski definition) is 3. The summed E-state index contributed by atoms with van der Waals surface area (Å²) in [5.41, 5.74) is 0.196. The molecule has 1 aromatic carbocycles. The van der Waals surface area contributed by atoms with Crippen LogP contribution in [0, 0.1) is 11.7 Å². The van der Waals surface area contributed by atoms with Crippen molar-refractivity contribution in [2.45, 2.75) is 13.0 Å². The molecule has 0 spiro atoms. The first kappa shape index (κ1) is 17.6. The molecule has 1 N–H and O–H groups in total. The Balaban J connectivity index is 2.10. The van der Waals surface area contributed by atoms with E-state index in [0.29, 0.717) is 19.0 Å². The highest BCUT2D eigenvalue weighted by molar-refractivity contribution is 7.86. The van der Waals surface area contributed by atoms with Crippen molar-refractivity contribution in [3.8, 4) is 0 Å². The van der Waals surface area contributed by atoms with Gasteiger partial charge in [-0.25, -0.2) is 4.39 Å². The zero-order valence-corrected chi connectivity index (χ0v) is 14.3. The summed E-state index contributed by atoms with van der Waals surface area (Å²) in [5.74, 6) is -0.186. The van der Waals surface area contributed by atoms with Crippen LogP contribution in [0.3, 0.4) is 0 Å². The summed E-state index contributed by atoms with van der Waals surface area (Å²) in [5, 5.41) is 3.30. The van der Waals surface area contributed by atoms with Gasteiger partial charge in [-0.15, -0.1) is 0 Å². The Labute approximate surface area is 136 Å². The van der Waals surface area contributed by atoms with Crippen molar-refractivity contribution in [3.05, 3.63) is 34.6 Å². The highest BCUT2D eigenvalue weighted by Crippen LogP contribution is 2.24. The SMILES string of the molecule is CNCC1CCN(S(=O)(=O)N(C)Cc2c(F)cccc2Cl)C1. The maximum Gasteiger partial charge on any atom is 0.282 e. The Hall–Kier alpha value is -0.730. The third-order valence-corrected chi connectivity index (χ3v) is 6.16. The first-order valence-electron chi connectivity index (χ1n) is 7.15. The normalized spacial score (nSPS) is 20.0. The van der Waals surface area contributed by atoms with Gasteiger partial charge in [0.05, 0.1) is 0 Å². The van der Waals surface area contributed by atoms with Gasteiger partial charge in [-0.05, 0) is 38.1 Å². The first-order valence-corrected chi connectivity index (χ1v) is 8.92. The molecule has 1 aliphatic heterocycles. The van der Waals surface area contributed by atoms with E-state index < -0.39 is 16.0 Å². The van der Waals surface area contributed by atoms with Crippen LogP contribution in [0.1, 0.15) is 12.0 Å². The number of rotatable bonds is 6. The van der Waals surface area contributed by atoms with Crippen LogP contribution in [-0.4, -0.2) is 50.8 Å². The zero-order valence-electron chi connectivity index (χ0n) is 12.7. The number of nitrogens with zero attached hydrogens (tertiary/aromatic N) is 2. The molecule has 22 heavy (non-hydrogen) atoms. The van der Waals surface area contributed by atoms with E-state index in [1.54, 1.807) is 6.07 Å². The Morgan fingerprint density at radius 1 is 1.50 bits per heavy atom. The lowest BCUT2D eigenvalue weighted by Gasteiger charge is -2.24. The molecule has 8 heteroatoms. The minimum atomic E-state index is -3.61. The highest BCUT2D eigenvalue weighted by Gasteiger charge is 2.34. The quantitative estimate of drug-likeness (QED) is 0.850. The molecule has 0 radical (unpaired) electrons. The molecule has 2 rings (SSSR count). The van der Waals surface area contributed by atoms with Crippen LogP contribution >= 0.6 is 11.6 Å². The van der Waals surface area contributed by atoms with Gasteiger partial charge in [-0.3, -0.25) is 0 Å². The van der Waals surface area contributed by atoms with E-state index in [9.17, 15) is 12.8 Å². The third-order valence-electron chi connectivity index (χ3n) is 3.90. The van der Waals surface area contributed by atoms with Crippen LogP contribution in [0.2, 0.25) is 5.02 Å². The zero-order chi connectivity index (χ0) is 16.3. The second kappa shape index (κ2) is 7.23. The summed E-state index contributed by atoms with van der Waals surface area (Å²) >= 11 is 5.96. The molecule has 0 aromatic heterocycles. The molecule has 1 atom stereocenters. The van der Waals surface area contributed by atoms with Gasteiger partial charge >= 0.3 is 0 Å². The lowest BCUT2D eigenvalue weighted by molar-refractivity contribution is 0.379. The predicted molar refractivity (Wildman–Crippen MR) is 85.4 cm³/mol. The minimum Gasteiger partial charge on any atom is -0.319 e. The smallest absolute Gasteiger partial charge is 0.282 e. The van der Waals surface area contributed by atoms with E-state index in [-0.39, 0.29) is 17.1 Å². The van der Waals surface area contributed by atoms with Gasteiger partial charge in [-0.1, -0.05) is 17.7 Å². The molecule has 0 amide bonds. The summed E-state index contributed by atoms with van der Waals surface area (Å²) < 4.78 is 41.6. The summed E-state index contributed by atoms with van der Waals surface area (Å²) in [6.45, 7) is 1.68. The summed E-state index contributed by atoms with van der Waals surface area (Å²) in [7, 11) is -0.309. The number of halogens is 2. The molecule has 5 nitrogen and oxygen atoms in total. The molecular weight excluding hydrogens is 329 g/mol. The largest absolute Gasteiger partial charge is 0.319 e. The van der Waals surface area contributed by atoms with Crippen molar-refractivity contribution < 1.29 is 12.8 Å². The average Bonchev–Trinajstić information content (AvgIpc) is 2.92. The Bertz CT molecular complexity index is 606. The fraction of sp³-hybridized carbons (Fsp3) is 0.571. The lowest BCUT2D eigenvalue weighted by atomic mass is 10.1. The molecule has 0 bridgehead atoms. The maximum absolute atomic E-state index is 13.8. The van der Waals surface area contributed by atoms with Crippen molar-refractivity contribution in [1.82, 2.24) is 13.9 Å². The minimum absolute atomic E-state index is 0.0823. The fourth-order valence-electron chi connectivity index (χ4n) is 2.65. The third kappa shape index (κ3) is 3.78. The molecule has 1 aromatic rings. The summed E-state index contributed by atoms with van der Waals surface area (Å²) in [6, 6.07) is 4.33. The summed E-state index contributed by atoms with van der Waals surface area (Å²) in [6.07, 6.45) is 0.828. The van der Waals surface area contributed by atoms with E-state index in [4.69, 9.17) is 11.6 Å². The van der Waals surface area contributed by atoms with Crippen LogP contribution < -0.4 is 5.32 Å². The number of benzene rings is 1. The average molecular weight is 350 g/mol. The summed E-state index contributed by atoms with van der Waals surface area (Å²) in [4.78, 5) is 0. The van der Waals surface area contributed by atoms with Crippen LogP contribution in [-0.2, 0) is 16.8 Å². The van der Waals surface area contributed by atoms with Gasteiger partial charge in [0.2, 0.25) is 0 Å². The molecule has 0 aliphatic carbocycles. The van der Waals surface area contributed by atoms with E-state index in [1.165, 1.54) is 23.5 Å². The van der Waals surface area contributed by atoms with Crippen LogP contribution in [0.4, 0.5) is 4.39 Å². The van der Waals surface area contributed by atoms with Crippen molar-refractivity contribution in [1.29, 1.82) is 0 Å². The maximum atomic E-state index is 13.8. The van der Waals surface area contributed by atoms with Gasteiger partial charge in [0.25, 0.3) is 10.2 Å². The second-order valence-electron chi connectivity index (χ2n) is 5.53. The fourth-order valence-corrected chi connectivity index (χ4v) is 4.29. The van der Waals surface area contributed by atoms with Gasteiger partial charge in [0, 0.05) is 37.3 Å². The van der Waals surface area contributed by atoms with Crippen LogP contribution in [0.25, 0.3) is 0 Å². The molecule has 1 unspecified atom stereocenters. The van der Waals surface area contributed by atoms with Crippen LogP contribution in [0.5, 0.6) is 0 Å². The molecule has 0 saturated carbocycles. The lowest BCUT2D eigenvalue weighted by Crippen LogP contribution is -2.40. The Morgan fingerprint density at radius 3 is 2.86 bits per heavy atom. The molecule has 1 fully saturated rings. The second-order valence-corrected chi connectivity index (χ2v) is 7.98. The van der Waals surface area contributed by atoms with Gasteiger partial charge < -0.3 is 5.32 Å². The molecule has 1 saturated heterocycles. The van der Waals surface area contributed by atoms with E-state index in [0.717, 1.165) is 17.3 Å². The molecule has 1 aliphatic rings. The van der Waals surface area contributed by atoms with Gasteiger partial charge in [0.1, 0.15) is 5.82 Å². The number of nitrogens with one attached hydrogen (secondary N) is 1. The highest BCUT2D eigenvalue weighted by atomic mass is 35.5. The Morgan fingerprint density at radius 2 is 2.23 bits per heavy atom. The number of hydrogen-bond donors (Lipinski definition) is 1. The van der Waals surface area contributed by atoms with Crippen molar-refractivity contribution in [3.63, 3.8) is 0 Å². The predicted octanol–water partition coefficient (Wildman–Crippen LogP) is 1.70. The standard InChI is InChI=1S/C14H21ClFN3O2S/c1-17-8-11-6-7-19(9-11)22(20,21)18(2)10-12-13(15)4-3-5-14(12)16/h3-5,11,17H,6-10H2,1-2H3. The van der Waals surface area contributed by atoms with Gasteiger partial charge in [0.15, 0.2) is 0 Å². The molecule has 124 valence electrons.